The summed E-state index contributed by atoms with van der Waals surface area (Å²) in [5.41, 5.74) is 9.13. The van der Waals surface area contributed by atoms with Crippen LogP contribution < -0.4 is 11.1 Å². The summed E-state index contributed by atoms with van der Waals surface area (Å²) in [6.45, 7) is 1.12. The molecule has 0 aliphatic carbocycles. The maximum Gasteiger partial charge on any atom is 0.490 e. The van der Waals surface area contributed by atoms with Crippen molar-refractivity contribution < 1.29 is 60.8 Å². The van der Waals surface area contributed by atoms with Gasteiger partial charge in [-0.2, -0.15) is 26.3 Å². The number of carbonyl (C=O) groups excluding carboxylic acids is 2. The topological polar surface area (TPSA) is 199 Å². The number of nitrogens with zero attached hydrogens (tertiary/aromatic N) is 2. The van der Waals surface area contributed by atoms with Gasteiger partial charge in [0, 0.05) is 48.8 Å². The largest absolute Gasteiger partial charge is 0.490 e. The number of aliphatic hydroxyl groups excluding tert-OH is 1. The fourth-order valence-corrected chi connectivity index (χ4v) is 4.32. The highest BCUT2D eigenvalue weighted by Gasteiger charge is 2.39. The molecule has 1 fully saturated rings. The normalized spacial score (nSPS) is 15.0. The van der Waals surface area contributed by atoms with Crippen molar-refractivity contribution in [1.82, 2.24) is 20.2 Å². The number of halogens is 7. The molecule has 7 N–H and O–H groups in total. The number of hydrogen-bond donors (Lipinski definition) is 6. The van der Waals surface area contributed by atoms with Crippen LogP contribution in [0.1, 0.15) is 51.7 Å². The number of nitrogens with two attached hydrogens (primary N) is 1. The SMILES string of the molecule is NCc1ccc(Cl)cc1CNC(=O)[C@@H]1CCCN1C(=O)c1cc(C(O)c2ccncc2)c[nH]1.O=C(O)C(F)(F)F.O=C(O)C(F)(F)F. The fraction of sp³-hybridized carbons (Fsp3) is 0.321. The molecule has 0 bridgehead atoms. The molecule has 12 nitrogen and oxygen atoms in total. The third-order valence-corrected chi connectivity index (χ3v) is 6.65. The van der Waals surface area contributed by atoms with Gasteiger partial charge >= 0.3 is 24.3 Å². The van der Waals surface area contributed by atoms with Crippen molar-refractivity contribution in [3.63, 3.8) is 0 Å². The van der Waals surface area contributed by atoms with Gasteiger partial charge in [0.15, 0.2) is 0 Å². The maximum absolute atomic E-state index is 13.1. The number of aromatic amines is 1. The van der Waals surface area contributed by atoms with E-state index in [-0.39, 0.29) is 18.4 Å². The van der Waals surface area contributed by atoms with E-state index in [1.165, 1.54) is 0 Å². The summed E-state index contributed by atoms with van der Waals surface area (Å²) in [6.07, 6.45) is -4.91. The molecule has 0 spiro atoms. The Labute approximate surface area is 267 Å². The fourth-order valence-electron chi connectivity index (χ4n) is 4.13. The van der Waals surface area contributed by atoms with Crippen LogP contribution in [0.2, 0.25) is 5.02 Å². The lowest BCUT2D eigenvalue weighted by Crippen LogP contribution is -2.45. The number of likely N-dealkylation sites (tertiary alicyclic amines) is 1. The zero-order chi connectivity index (χ0) is 35.5. The molecule has 3 aromatic rings. The molecule has 1 saturated heterocycles. The quantitative estimate of drug-likeness (QED) is 0.199. The summed E-state index contributed by atoms with van der Waals surface area (Å²) in [4.78, 5) is 52.3. The first-order valence-corrected chi connectivity index (χ1v) is 13.7. The van der Waals surface area contributed by atoms with E-state index in [2.05, 4.69) is 15.3 Å². The summed E-state index contributed by atoms with van der Waals surface area (Å²) < 4.78 is 63.5. The molecule has 2 atom stereocenters. The summed E-state index contributed by atoms with van der Waals surface area (Å²) in [6, 6.07) is 9.90. The second-order valence-corrected chi connectivity index (χ2v) is 10.1. The monoisotopic (exact) mass is 695 g/mol. The average molecular weight is 696 g/mol. The lowest BCUT2D eigenvalue weighted by Gasteiger charge is -2.23. The lowest BCUT2D eigenvalue weighted by molar-refractivity contribution is -0.193. The highest BCUT2D eigenvalue weighted by Crippen LogP contribution is 2.25. The second-order valence-electron chi connectivity index (χ2n) is 9.63. The van der Waals surface area contributed by atoms with E-state index in [0.29, 0.717) is 41.4 Å². The Kier molecular flexibility index (Phi) is 13.7. The van der Waals surface area contributed by atoms with Gasteiger partial charge in [0.1, 0.15) is 17.8 Å². The van der Waals surface area contributed by atoms with Crippen molar-refractivity contribution in [3.8, 4) is 0 Å². The van der Waals surface area contributed by atoms with E-state index in [9.17, 15) is 41.0 Å². The average Bonchev–Trinajstić information content (AvgIpc) is 3.70. The lowest BCUT2D eigenvalue weighted by atomic mass is 10.1. The maximum atomic E-state index is 13.1. The van der Waals surface area contributed by atoms with Crippen LogP contribution in [0.15, 0.2) is 55.0 Å². The predicted octanol–water partition coefficient (Wildman–Crippen LogP) is 3.79. The molecule has 2 amide bonds. The van der Waals surface area contributed by atoms with Crippen LogP contribution in [0.25, 0.3) is 0 Å². The van der Waals surface area contributed by atoms with Gasteiger partial charge in [-0.15, -0.1) is 0 Å². The number of nitrogens with one attached hydrogen (secondary N) is 2. The van der Waals surface area contributed by atoms with Gasteiger partial charge in [-0.3, -0.25) is 14.6 Å². The molecule has 4 rings (SSSR count). The van der Waals surface area contributed by atoms with E-state index in [0.717, 1.165) is 17.5 Å². The number of H-pyrrole nitrogens is 1. The van der Waals surface area contributed by atoms with Gasteiger partial charge < -0.3 is 36.3 Å². The molecule has 1 aliphatic heterocycles. The number of pyridine rings is 1. The Balaban J connectivity index is 0.000000459. The van der Waals surface area contributed by atoms with Crippen LogP contribution in [-0.4, -0.2) is 78.9 Å². The molecule has 3 heterocycles. The smallest absolute Gasteiger partial charge is 0.475 e. The number of carboxylic acids is 2. The zero-order valence-corrected chi connectivity index (χ0v) is 24.7. The van der Waals surface area contributed by atoms with Crippen LogP contribution in [0.5, 0.6) is 0 Å². The summed E-state index contributed by atoms with van der Waals surface area (Å²) in [5.74, 6) is -6.00. The van der Waals surface area contributed by atoms with E-state index in [1.54, 1.807) is 53.8 Å². The van der Waals surface area contributed by atoms with E-state index in [1.807, 2.05) is 6.07 Å². The van der Waals surface area contributed by atoms with Gasteiger partial charge in [0.05, 0.1) is 0 Å². The molecule has 19 heteroatoms. The van der Waals surface area contributed by atoms with Crippen LogP contribution in [0, 0.1) is 0 Å². The Morgan fingerprint density at radius 3 is 2.09 bits per heavy atom. The number of aliphatic hydroxyl groups is 1. The Bertz CT molecular complexity index is 1510. The van der Waals surface area contributed by atoms with Crippen LogP contribution in [0.4, 0.5) is 26.3 Å². The van der Waals surface area contributed by atoms with Crippen molar-refractivity contribution in [2.75, 3.05) is 6.54 Å². The number of hydrogen-bond acceptors (Lipinski definition) is 7. The number of amides is 2. The summed E-state index contributed by atoms with van der Waals surface area (Å²) in [5, 5.41) is 28.3. The summed E-state index contributed by atoms with van der Waals surface area (Å²) >= 11 is 6.08. The van der Waals surface area contributed by atoms with E-state index in [4.69, 9.17) is 37.1 Å². The predicted molar refractivity (Wildman–Crippen MR) is 152 cm³/mol. The number of carbonyl (C=O) groups is 4. The molecular weight excluding hydrogens is 668 g/mol. The standard InChI is InChI=1S/C24H26ClN5O3.2C2HF3O2/c25-19-4-3-16(12-26)17(10-19)13-29-23(32)21-2-1-9-30(21)24(33)20-11-18(14-28-20)22(31)15-5-7-27-8-6-15;2*3-2(4,5)1(6)7/h3-8,10-11,14,21-22,28,31H,1-2,9,12-13,26H2,(H,29,32);2*(H,6,7)/t21-,22?;;/m0../s1. The van der Waals surface area contributed by atoms with E-state index >= 15 is 0 Å². The molecule has 1 unspecified atom stereocenters. The molecule has 1 aromatic carbocycles. The Hall–Kier alpha value is -4.68. The van der Waals surface area contributed by atoms with Crippen molar-refractivity contribution in [1.29, 1.82) is 0 Å². The van der Waals surface area contributed by atoms with Crippen molar-refractivity contribution >= 4 is 35.4 Å². The first-order valence-electron chi connectivity index (χ1n) is 13.3. The van der Waals surface area contributed by atoms with Gasteiger partial charge in [-0.1, -0.05) is 17.7 Å². The third-order valence-electron chi connectivity index (χ3n) is 6.42. The summed E-state index contributed by atoms with van der Waals surface area (Å²) in [7, 11) is 0. The number of carboxylic acid groups (broad SMARTS) is 2. The molecular formula is C28H28ClF6N5O7. The molecule has 47 heavy (non-hydrogen) atoms. The van der Waals surface area contributed by atoms with Crippen LogP contribution in [-0.2, 0) is 27.5 Å². The first kappa shape index (κ1) is 38.5. The zero-order valence-electron chi connectivity index (χ0n) is 24.0. The Morgan fingerprint density at radius 2 is 1.55 bits per heavy atom. The first-order chi connectivity index (χ1) is 21.9. The molecule has 1 aliphatic rings. The highest BCUT2D eigenvalue weighted by atomic mass is 35.5. The van der Waals surface area contributed by atoms with Gasteiger partial charge in [-0.25, -0.2) is 9.59 Å². The van der Waals surface area contributed by atoms with E-state index < -0.39 is 36.4 Å². The molecule has 0 saturated carbocycles. The van der Waals surface area contributed by atoms with Gasteiger partial charge in [-0.05, 0) is 59.9 Å². The molecule has 2 aromatic heterocycles. The minimum atomic E-state index is -5.08. The number of rotatable bonds is 7. The van der Waals surface area contributed by atoms with Crippen molar-refractivity contribution in [2.24, 2.45) is 5.73 Å². The number of aromatic nitrogens is 2. The molecule has 0 radical (unpaired) electrons. The van der Waals surface area contributed by atoms with Crippen LogP contribution >= 0.6 is 11.6 Å². The Morgan fingerprint density at radius 1 is 0.979 bits per heavy atom. The van der Waals surface area contributed by atoms with Crippen molar-refractivity contribution in [2.45, 2.75) is 50.4 Å². The number of benzene rings is 1. The second kappa shape index (κ2) is 16.8. The molecule has 256 valence electrons. The van der Waals surface area contributed by atoms with Crippen molar-refractivity contribution in [3.05, 3.63) is 88.0 Å². The number of alkyl halides is 6. The van der Waals surface area contributed by atoms with Gasteiger partial charge in [0.25, 0.3) is 5.91 Å². The number of aliphatic carboxylic acids is 2. The minimum absolute atomic E-state index is 0.215. The highest BCUT2D eigenvalue weighted by molar-refractivity contribution is 6.30. The van der Waals surface area contributed by atoms with Gasteiger partial charge in [0.2, 0.25) is 5.91 Å². The minimum Gasteiger partial charge on any atom is -0.475 e. The van der Waals surface area contributed by atoms with Crippen LogP contribution in [0.3, 0.4) is 0 Å². The third kappa shape index (κ3) is 11.6.